The van der Waals surface area contributed by atoms with E-state index in [9.17, 15) is 4.79 Å². The molecule has 0 atom stereocenters. The van der Waals surface area contributed by atoms with Gasteiger partial charge in [-0.15, -0.1) is 94.1 Å². The molecule has 19 heteroatoms. The molecule has 0 saturated carbocycles. The Morgan fingerprint density at radius 1 is 0.784 bits per heavy atom. The Balaban J connectivity index is 3.19. The SMILES string of the molecule is C/N=C/OOCSCSCSCSCOC(=O)NCSCSCSCSC/N=C/OOCCSCCO. The monoisotopic (exact) mass is 693 g/mol. The summed E-state index contributed by atoms with van der Waals surface area (Å²) in [7, 11) is 1.61. The van der Waals surface area contributed by atoms with Crippen molar-refractivity contribution in [3.8, 4) is 0 Å². The van der Waals surface area contributed by atoms with Gasteiger partial charge in [-0.3, -0.25) is 4.99 Å². The summed E-state index contributed by atoms with van der Waals surface area (Å²) in [4.78, 5) is 38.7. The maximum Gasteiger partial charge on any atom is 0.408 e. The number of nitrogens with one attached hydrogen (secondary N) is 1. The first-order chi connectivity index (χ1) is 18.3. The number of carbonyl (C=O) groups excluding carboxylic acids is 1. The Labute approximate surface area is 258 Å². The smallest absolute Gasteiger partial charge is 0.408 e. The fraction of sp³-hybridized carbons (Fsp3) is 0.833. The normalized spacial score (nSPS) is 11.4. The van der Waals surface area contributed by atoms with E-state index in [1.807, 2.05) is 23.5 Å². The molecule has 0 saturated heterocycles. The van der Waals surface area contributed by atoms with Crippen LogP contribution in [0.25, 0.3) is 0 Å². The van der Waals surface area contributed by atoms with Crippen molar-refractivity contribution in [1.82, 2.24) is 5.32 Å². The Kier molecular flexibility index (Phi) is 36.4. The average molecular weight is 694 g/mol. The van der Waals surface area contributed by atoms with Gasteiger partial charge in [0.25, 0.3) is 0 Å². The van der Waals surface area contributed by atoms with E-state index in [2.05, 4.69) is 20.2 Å². The van der Waals surface area contributed by atoms with E-state index in [1.54, 1.807) is 89.4 Å². The van der Waals surface area contributed by atoms with Gasteiger partial charge in [-0.2, -0.15) is 21.5 Å². The predicted molar refractivity (Wildman–Crippen MR) is 176 cm³/mol. The van der Waals surface area contributed by atoms with Gasteiger partial charge in [0.05, 0.1) is 18.4 Å². The second-order valence-corrected chi connectivity index (χ2v) is 16.7. The van der Waals surface area contributed by atoms with E-state index < -0.39 is 0 Å². The molecule has 0 aromatic heterocycles. The topological polar surface area (TPSA) is 120 Å². The predicted octanol–water partition coefficient (Wildman–Crippen LogP) is 5.46. The molecule has 1 amide bonds. The molecule has 0 spiro atoms. The minimum Gasteiger partial charge on any atom is -0.438 e. The highest BCUT2D eigenvalue weighted by molar-refractivity contribution is 8.26. The average Bonchev–Trinajstić information content (AvgIpc) is 2.90. The van der Waals surface area contributed by atoms with Crippen molar-refractivity contribution in [3.63, 3.8) is 0 Å². The molecule has 0 aliphatic heterocycles. The van der Waals surface area contributed by atoms with Crippen molar-refractivity contribution in [1.29, 1.82) is 0 Å². The number of alkyl carbamates (subject to hydrolysis) is 1. The van der Waals surface area contributed by atoms with Crippen LogP contribution in [-0.2, 0) is 24.3 Å². The molecule has 0 aliphatic rings. The highest BCUT2D eigenvalue weighted by atomic mass is 32.3. The maximum absolute atomic E-state index is 11.7. The van der Waals surface area contributed by atoms with Crippen LogP contribution in [0.3, 0.4) is 0 Å². The third-order valence-corrected chi connectivity index (χ3v) is 13.0. The molecule has 0 heterocycles. The number of aliphatic hydroxyl groups excluding tert-OH is 1. The Morgan fingerprint density at radius 2 is 1.43 bits per heavy atom. The molecule has 37 heavy (non-hydrogen) atoms. The van der Waals surface area contributed by atoms with Gasteiger partial charge in [-0.1, -0.05) is 0 Å². The molecule has 0 aromatic carbocycles. The summed E-state index contributed by atoms with van der Waals surface area (Å²) in [5.41, 5.74) is 0. The van der Waals surface area contributed by atoms with Crippen molar-refractivity contribution >= 4 is 125 Å². The first-order valence-electron chi connectivity index (χ1n) is 10.5. The van der Waals surface area contributed by atoms with Crippen LogP contribution in [0.5, 0.6) is 0 Å². The summed E-state index contributed by atoms with van der Waals surface area (Å²) in [6, 6.07) is 0. The zero-order valence-electron chi connectivity index (χ0n) is 20.5. The van der Waals surface area contributed by atoms with E-state index in [-0.39, 0.29) is 12.7 Å². The van der Waals surface area contributed by atoms with Crippen molar-refractivity contribution in [2.45, 2.75) is 0 Å². The fourth-order valence-electron chi connectivity index (χ4n) is 1.48. The van der Waals surface area contributed by atoms with E-state index in [1.165, 1.54) is 12.8 Å². The number of amides is 1. The number of hydrogen-bond acceptors (Lipinski definition) is 18. The molecule has 218 valence electrons. The number of carbonyl (C=O) groups is 1. The summed E-state index contributed by atoms with van der Waals surface area (Å²) < 4.78 is 5.15. The molecule has 10 nitrogen and oxygen atoms in total. The van der Waals surface area contributed by atoms with Crippen LogP contribution in [0.15, 0.2) is 9.98 Å². The lowest BCUT2D eigenvalue weighted by Crippen LogP contribution is -2.23. The van der Waals surface area contributed by atoms with Crippen molar-refractivity contribution < 1.29 is 34.2 Å². The van der Waals surface area contributed by atoms with Gasteiger partial charge in [0.2, 0.25) is 12.8 Å². The van der Waals surface area contributed by atoms with Crippen LogP contribution in [0.2, 0.25) is 0 Å². The molecular formula is C18H35N3O7S9. The van der Waals surface area contributed by atoms with Crippen LogP contribution in [0, 0.1) is 0 Å². The molecule has 2 N–H and O–H groups in total. The molecule has 0 rings (SSSR count). The van der Waals surface area contributed by atoms with Gasteiger partial charge in [0.15, 0.2) is 0 Å². The highest BCUT2D eigenvalue weighted by Gasteiger charge is 2.01. The molecule has 0 aliphatic carbocycles. The van der Waals surface area contributed by atoms with E-state index in [0.29, 0.717) is 36.0 Å². The maximum atomic E-state index is 11.7. The lowest BCUT2D eigenvalue weighted by atomic mass is 10.9. The lowest BCUT2D eigenvalue weighted by Gasteiger charge is -2.07. The number of aliphatic hydroxyl groups is 1. The fourth-order valence-corrected chi connectivity index (χ4v) is 10.2. The molecular weight excluding hydrogens is 659 g/mol. The van der Waals surface area contributed by atoms with Crippen LogP contribution in [0.1, 0.15) is 0 Å². The van der Waals surface area contributed by atoms with Crippen LogP contribution >= 0.6 is 106 Å². The minimum absolute atomic E-state index is 0.179. The van der Waals surface area contributed by atoms with Gasteiger partial charge >= 0.3 is 6.09 Å². The standard InChI is InChI=1S/C18H35N3O7S9/c1-19-6-26-28-11-33-15-37-17-36-14-32-10-24-18(23)21-9-31-13-35-16-34-12-30-8-20-7-27-25-3-5-29-4-2-22/h6-7,22H,2-5,8-17H2,1H3,(H,21,23)/b19-6+,20-7+. The van der Waals surface area contributed by atoms with Gasteiger partial charge in [-0.25, -0.2) is 9.79 Å². The third-order valence-electron chi connectivity index (χ3n) is 2.84. The van der Waals surface area contributed by atoms with E-state index in [4.69, 9.17) is 24.5 Å². The largest absolute Gasteiger partial charge is 0.438 e. The van der Waals surface area contributed by atoms with Gasteiger partial charge < -0.3 is 24.9 Å². The number of nitrogens with zero attached hydrogens (tertiary/aromatic N) is 2. The van der Waals surface area contributed by atoms with Crippen LogP contribution < -0.4 is 5.32 Å². The molecule has 0 unspecified atom stereocenters. The molecule has 0 fully saturated rings. The van der Waals surface area contributed by atoms with E-state index >= 15 is 0 Å². The Morgan fingerprint density at radius 3 is 2.16 bits per heavy atom. The summed E-state index contributed by atoms with van der Waals surface area (Å²) >= 11 is 15.4. The summed E-state index contributed by atoms with van der Waals surface area (Å²) in [5, 5.41) is 17.0. The lowest BCUT2D eigenvalue weighted by molar-refractivity contribution is -0.210. The minimum atomic E-state index is -0.377. The number of ether oxygens (including phenoxy) is 1. The summed E-state index contributed by atoms with van der Waals surface area (Å²) in [6.07, 6.45) is 2.19. The first-order valence-corrected chi connectivity index (χ1v) is 20.9. The Bertz CT molecular complexity index is 547. The first kappa shape index (κ1) is 38.2. The van der Waals surface area contributed by atoms with Gasteiger partial charge in [0.1, 0.15) is 18.5 Å². The van der Waals surface area contributed by atoms with Gasteiger partial charge in [0, 0.05) is 49.1 Å². The highest BCUT2D eigenvalue weighted by Crippen LogP contribution is 2.22. The molecule has 0 radical (unpaired) electrons. The zero-order chi connectivity index (χ0) is 26.9. The molecule has 0 aromatic rings. The zero-order valence-corrected chi connectivity index (χ0v) is 27.9. The number of hydrogen-bond donors (Lipinski definition) is 2. The van der Waals surface area contributed by atoms with Gasteiger partial charge in [-0.05, 0) is 0 Å². The number of rotatable bonds is 29. The third kappa shape index (κ3) is 35.2. The van der Waals surface area contributed by atoms with Crippen molar-refractivity contribution in [2.75, 3.05) is 85.9 Å². The van der Waals surface area contributed by atoms with Crippen molar-refractivity contribution in [3.05, 3.63) is 0 Å². The van der Waals surface area contributed by atoms with Crippen LogP contribution in [0.4, 0.5) is 4.79 Å². The second kappa shape index (κ2) is 35.3. The van der Waals surface area contributed by atoms with E-state index in [0.717, 1.165) is 36.3 Å². The number of aliphatic imine (C=N–C) groups is 2. The Hall–Kier alpha value is 1.24. The molecule has 0 bridgehead atoms. The van der Waals surface area contributed by atoms with Crippen LogP contribution in [-0.4, -0.2) is 110 Å². The quantitative estimate of drug-likeness (QED) is 0.0257. The second-order valence-electron chi connectivity index (χ2n) is 5.58. The number of thioether (sulfide) groups is 9. The summed E-state index contributed by atoms with van der Waals surface area (Å²) in [5.74, 6) is 3.46. The summed E-state index contributed by atoms with van der Waals surface area (Å²) in [6.45, 7) is 0.646. The van der Waals surface area contributed by atoms with Crippen molar-refractivity contribution in [2.24, 2.45) is 9.98 Å².